The summed E-state index contributed by atoms with van der Waals surface area (Å²) in [5, 5.41) is 1.06. The number of aromatic nitrogens is 2. The number of rotatable bonds is 6. The molecular formula is C25H26ClFN4O2. The number of fused-ring (bicyclic) bond motifs is 1. The summed E-state index contributed by atoms with van der Waals surface area (Å²) < 4.78 is 15.9. The number of piperazine rings is 1. The smallest absolute Gasteiger partial charge is 0.261 e. The Bertz CT molecular complexity index is 1230. The molecular weight excluding hydrogens is 443 g/mol. The maximum Gasteiger partial charge on any atom is 0.261 e. The fraction of sp³-hybridized carbons (Fsp3) is 0.400. The number of halogens is 2. The Kier molecular flexibility index (Phi) is 6.17. The molecule has 0 atom stereocenters. The topological polar surface area (TPSA) is 58.4 Å². The third-order valence-electron chi connectivity index (χ3n) is 6.52. The Morgan fingerprint density at radius 1 is 1.06 bits per heavy atom. The molecule has 2 aromatic carbocycles. The van der Waals surface area contributed by atoms with Gasteiger partial charge in [0.15, 0.2) is 0 Å². The van der Waals surface area contributed by atoms with E-state index in [1.165, 1.54) is 6.07 Å². The zero-order chi connectivity index (χ0) is 22.9. The van der Waals surface area contributed by atoms with Crippen LogP contribution in [-0.4, -0.2) is 51.4 Å². The fourth-order valence-corrected chi connectivity index (χ4v) is 4.74. The van der Waals surface area contributed by atoms with E-state index < -0.39 is 0 Å². The Hall–Kier alpha value is -2.77. The lowest BCUT2D eigenvalue weighted by Crippen LogP contribution is -2.48. The minimum absolute atomic E-state index is 0.00836. The van der Waals surface area contributed by atoms with Gasteiger partial charge < -0.3 is 4.90 Å². The fourth-order valence-electron chi connectivity index (χ4n) is 4.52. The van der Waals surface area contributed by atoms with Crippen molar-refractivity contribution < 1.29 is 9.18 Å². The molecule has 0 unspecified atom stereocenters. The molecule has 0 bridgehead atoms. The number of amides is 1. The minimum atomic E-state index is -0.300. The zero-order valence-electron chi connectivity index (χ0n) is 18.3. The number of benzene rings is 2. The van der Waals surface area contributed by atoms with Gasteiger partial charge in [-0.25, -0.2) is 9.37 Å². The number of para-hydroxylation sites is 1. The molecule has 1 saturated heterocycles. The largest absolute Gasteiger partial charge is 0.340 e. The van der Waals surface area contributed by atoms with Crippen LogP contribution in [0.1, 0.15) is 36.7 Å². The standard InChI is InChI=1S/C25H26ClFN4O2/c26-20-5-3-6-21(27)19(20)16-29-12-14-30(15-13-29)24(32)11-10-23-28-22-7-2-1-4-18(22)25(33)31(23)17-8-9-17/h1-7,17H,8-16H2. The molecule has 1 aromatic heterocycles. The van der Waals surface area contributed by atoms with Crippen LogP contribution in [-0.2, 0) is 17.8 Å². The molecule has 5 rings (SSSR count). The average Bonchev–Trinajstić information content (AvgIpc) is 3.65. The van der Waals surface area contributed by atoms with Gasteiger partial charge in [-0.3, -0.25) is 19.1 Å². The SMILES string of the molecule is O=C(CCc1nc2ccccc2c(=O)n1C1CC1)N1CCN(Cc2c(F)cccc2Cl)CC1. The van der Waals surface area contributed by atoms with Gasteiger partial charge in [0.2, 0.25) is 5.91 Å². The molecule has 2 heterocycles. The van der Waals surface area contributed by atoms with Gasteiger partial charge in [0.1, 0.15) is 11.6 Å². The van der Waals surface area contributed by atoms with Crippen LogP contribution in [0.25, 0.3) is 10.9 Å². The van der Waals surface area contributed by atoms with E-state index in [1.807, 2.05) is 29.2 Å². The molecule has 1 aliphatic carbocycles. The van der Waals surface area contributed by atoms with Crippen LogP contribution in [0.15, 0.2) is 47.3 Å². The molecule has 2 aliphatic rings. The number of hydrogen-bond donors (Lipinski definition) is 0. The van der Waals surface area contributed by atoms with E-state index >= 15 is 0 Å². The molecule has 33 heavy (non-hydrogen) atoms. The molecule has 1 aliphatic heterocycles. The van der Waals surface area contributed by atoms with Crippen molar-refractivity contribution in [1.29, 1.82) is 0 Å². The summed E-state index contributed by atoms with van der Waals surface area (Å²) in [6, 6.07) is 12.3. The summed E-state index contributed by atoms with van der Waals surface area (Å²) in [6.07, 6.45) is 2.72. The molecule has 6 nitrogen and oxygen atoms in total. The van der Waals surface area contributed by atoms with Crippen LogP contribution >= 0.6 is 11.6 Å². The van der Waals surface area contributed by atoms with Crippen molar-refractivity contribution in [2.45, 2.75) is 38.3 Å². The van der Waals surface area contributed by atoms with Crippen LogP contribution in [0, 0.1) is 5.82 Å². The third kappa shape index (κ3) is 4.66. The second kappa shape index (κ2) is 9.23. The molecule has 0 spiro atoms. The third-order valence-corrected chi connectivity index (χ3v) is 6.88. The molecule has 3 aromatic rings. The Morgan fingerprint density at radius 2 is 1.82 bits per heavy atom. The van der Waals surface area contributed by atoms with E-state index in [2.05, 4.69) is 4.90 Å². The summed E-state index contributed by atoms with van der Waals surface area (Å²) in [6.45, 7) is 2.94. The number of nitrogens with zero attached hydrogens (tertiary/aromatic N) is 4. The van der Waals surface area contributed by atoms with Crippen molar-refractivity contribution in [3.05, 3.63) is 75.0 Å². The van der Waals surface area contributed by atoms with E-state index in [0.29, 0.717) is 72.9 Å². The quantitative estimate of drug-likeness (QED) is 0.552. The molecule has 2 fully saturated rings. The molecule has 1 amide bonds. The highest BCUT2D eigenvalue weighted by Crippen LogP contribution is 2.35. The second-order valence-electron chi connectivity index (χ2n) is 8.81. The van der Waals surface area contributed by atoms with E-state index in [0.717, 1.165) is 12.8 Å². The average molecular weight is 469 g/mol. The van der Waals surface area contributed by atoms with Crippen molar-refractivity contribution in [3.8, 4) is 0 Å². The molecule has 8 heteroatoms. The van der Waals surface area contributed by atoms with E-state index in [4.69, 9.17) is 16.6 Å². The van der Waals surface area contributed by atoms with Crippen molar-refractivity contribution in [1.82, 2.24) is 19.4 Å². The van der Waals surface area contributed by atoms with Gasteiger partial charge in [-0.05, 0) is 37.1 Å². The van der Waals surface area contributed by atoms with E-state index in [9.17, 15) is 14.0 Å². The highest BCUT2D eigenvalue weighted by Gasteiger charge is 2.29. The summed E-state index contributed by atoms with van der Waals surface area (Å²) >= 11 is 6.15. The van der Waals surface area contributed by atoms with Crippen LogP contribution < -0.4 is 5.56 Å². The zero-order valence-corrected chi connectivity index (χ0v) is 19.1. The van der Waals surface area contributed by atoms with Crippen LogP contribution in [0.3, 0.4) is 0 Å². The summed E-state index contributed by atoms with van der Waals surface area (Å²) in [4.78, 5) is 34.6. The molecule has 0 N–H and O–H groups in total. The van der Waals surface area contributed by atoms with Gasteiger partial charge in [-0.15, -0.1) is 0 Å². The first-order valence-electron chi connectivity index (χ1n) is 11.4. The Morgan fingerprint density at radius 3 is 2.55 bits per heavy atom. The first-order chi connectivity index (χ1) is 16.0. The van der Waals surface area contributed by atoms with Gasteiger partial charge >= 0.3 is 0 Å². The maximum absolute atomic E-state index is 14.1. The van der Waals surface area contributed by atoms with Gasteiger partial charge in [-0.1, -0.05) is 29.8 Å². The first kappa shape index (κ1) is 22.0. The second-order valence-corrected chi connectivity index (χ2v) is 9.22. The lowest BCUT2D eigenvalue weighted by atomic mass is 10.1. The van der Waals surface area contributed by atoms with Crippen molar-refractivity contribution >= 4 is 28.4 Å². The van der Waals surface area contributed by atoms with Gasteiger partial charge in [-0.2, -0.15) is 0 Å². The lowest BCUT2D eigenvalue weighted by molar-refractivity contribution is -0.133. The summed E-state index contributed by atoms with van der Waals surface area (Å²) in [5.41, 5.74) is 1.17. The van der Waals surface area contributed by atoms with E-state index in [-0.39, 0.29) is 23.3 Å². The summed E-state index contributed by atoms with van der Waals surface area (Å²) in [5.74, 6) is 0.455. The number of hydrogen-bond acceptors (Lipinski definition) is 4. The van der Waals surface area contributed by atoms with Gasteiger partial charge in [0, 0.05) is 62.2 Å². The van der Waals surface area contributed by atoms with E-state index in [1.54, 1.807) is 16.7 Å². The molecule has 1 saturated carbocycles. The number of carbonyl (C=O) groups excluding carboxylic acids is 1. The highest BCUT2D eigenvalue weighted by atomic mass is 35.5. The lowest BCUT2D eigenvalue weighted by Gasteiger charge is -2.35. The van der Waals surface area contributed by atoms with Crippen LogP contribution in [0.2, 0.25) is 5.02 Å². The normalized spacial score (nSPS) is 17.0. The predicted octanol–water partition coefficient (Wildman–Crippen LogP) is 3.80. The number of aryl methyl sites for hydroxylation is 1. The highest BCUT2D eigenvalue weighted by molar-refractivity contribution is 6.31. The molecule has 172 valence electrons. The minimum Gasteiger partial charge on any atom is -0.340 e. The first-order valence-corrected chi connectivity index (χ1v) is 11.8. The maximum atomic E-state index is 14.1. The van der Waals surface area contributed by atoms with Gasteiger partial charge in [0.05, 0.1) is 10.9 Å². The predicted molar refractivity (Wildman–Crippen MR) is 126 cm³/mol. The Labute approximate surface area is 196 Å². The Balaban J connectivity index is 1.22. The molecule has 0 radical (unpaired) electrons. The van der Waals surface area contributed by atoms with Gasteiger partial charge in [0.25, 0.3) is 5.56 Å². The monoisotopic (exact) mass is 468 g/mol. The van der Waals surface area contributed by atoms with Crippen molar-refractivity contribution in [3.63, 3.8) is 0 Å². The van der Waals surface area contributed by atoms with Crippen molar-refractivity contribution in [2.24, 2.45) is 0 Å². The van der Waals surface area contributed by atoms with Crippen LogP contribution in [0.4, 0.5) is 4.39 Å². The number of carbonyl (C=O) groups is 1. The van der Waals surface area contributed by atoms with Crippen molar-refractivity contribution in [2.75, 3.05) is 26.2 Å². The summed E-state index contributed by atoms with van der Waals surface area (Å²) in [7, 11) is 0. The van der Waals surface area contributed by atoms with Crippen LogP contribution in [0.5, 0.6) is 0 Å².